The van der Waals surface area contributed by atoms with E-state index in [9.17, 15) is 4.79 Å². The molecular formula is C29H27NO4S2. The Morgan fingerprint density at radius 3 is 2.42 bits per heavy atom. The minimum Gasteiger partial charge on any atom is -0.493 e. The van der Waals surface area contributed by atoms with Crippen LogP contribution in [0.5, 0.6) is 17.2 Å². The highest BCUT2D eigenvalue weighted by molar-refractivity contribution is 8.26. The summed E-state index contributed by atoms with van der Waals surface area (Å²) in [6, 6.07) is 23.3. The number of ether oxygens (including phenoxy) is 3. The van der Waals surface area contributed by atoms with Gasteiger partial charge in [-0.25, -0.2) is 0 Å². The smallest absolute Gasteiger partial charge is 0.266 e. The van der Waals surface area contributed by atoms with Crippen molar-refractivity contribution < 1.29 is 19.0 Å². The van der Waals surface area contributed by atoms with Gasteiger partial charge in [-0.15, -0.1) is 6.58 Å². The second-order valence-corrected chi connectivity index (χ2v) is 9.67. The van der Waals surface area contributed by atoms with Gasteiger partial charge in [-0.1, -0.05) is 78.6 Å². The summed E-state index contributed by atoms with van der Waals surface area (Å²) in [7, 11) is 1.62. The third-order valence-corrected chi connectivity index (χ3v) is 6.83. The Hall–Kier alpha value is -3.55. The van der Waals surface area contributed by atoms with Crippen LogP contribution in [0.1, 0.15) is 16.7 Å². The number of rotatable bonds is 11. The molecule has 3 aromatic rings. The van der Waals surface area contributed by atoms with E-state index in [1.165, 1.54) is 11.8 Å². The average molecular weight is 518 g/mol. The summed E-state index contributed by atoms with van der Waals surface area (Å²) >= 11 is 6.77. The highest BCUT2D eigenvalue weighted by Gasteiger charge is 2.31. The third-order valence-electron chi connectivity index (χ3n) is 5.45. The molecule has 1 heterocycles. The number of hydrogen-bond donors (Lipinski definition) is 0. The second-order valence-electron chi connectivity index (χ2n) is 8.00. The quantitative estimate of drug-likeness (QED) is 0.129. The van der Waals surface area contributed by atoms with Crippen molar-refractivity contribution in [3.63, 3.8) is 0 Å². The molecule has 4 rings (SSSR count). The first-order chi connectivity index (χ1) is 17.6. The Morgan fingerprint density at radius 2 is 1.69 bits per heavy atom. The van der Waals surface area contributed by atoms with Crippen molar-refractivity contribution in [2.24, 2.45) is 0 Å². The number of methoxy groups -OCH3 is 1. The zero-order valence-electron chi connectivity index (χ0n) is 20.0. The van der Waals surface area contributed by atoms with Crippen molar-refractivity contribution in [3.8, 4) is 17.2 Å². The maximum Gasteiger partial charge on any atom is 0.266 e. The maximum absolute atomic E-state index is 12.9. The molecule has 0 bridgehead atoms. The second kappa shape index (κ2) is 12.4. The van der Waals surface area contributed by atoms with Crippen LogP contribution in [0.4, 0.5) is 0 Å². The molecule has 0 unspecified atom stereocenters. The summed E-state index contributed by atoms with van der Waals surface area (Å²) < 4.78 is 17.6. The molecule has 0 saturated carbocycles. The largest absolute Gasteiger partial charge is 0.493 e. The number of allylic oxidation sites excluding steroid dienone is 1. The first kappa shape index (κ1) is 25.5. The van der Waals surface area contributed by atoms with E-state index < -0.39 is 0 Å². The summed E-state index contributed by atoms with van der Waals surface area (Å²) in [5.74, 6) is 2.02. The number of benzene rings is 3. The van der Waals surface area contributed by atoms with Gasteiger partial charge in [0.2, 0.25) is 0 Å². The lowest BCUT2D eigenvalue weighted by molar-refractivity contribution is -0.122. The molecule has 184 valence electrons. The highest BCUT2D eigenvalue weighted by Crippen LogP contribution is 2.34. The number of amides is 1. The zero-order chi connectivity index (χ0) is 25.3. The fourth-order valence-corrected chi connectivity index (χ4v) is 4.91. The molecule has 1 aliphatic rings. The minimum atomic E-state index is -0.0701. The third kappa shape index (κ3) is 6.56. The van der Waals surface area contributed by atoms with Gasteiger partial charge in [-0.3, -0.25) is 9.69 Å². The molecule has 0 N–H and O–H groups in total. The van der Waals surface area contributed by atoms with E-state index in [0.717, 1.165) is 28.9 Å². The topological polar surface area (TPSA) is 48.0 Å². The maximum atomic E-state index is 12.9. The van der Waals surface area contributed by atoms with Gasteiger partial charge >= 0.3 is 0 Å². The summed E-state index contributed by atoms with van der Waals surface area (Å²) in [6.45, 7) is 5.00. The van der Waals surface area contributed by atoms with Crippen LogP contribution in [0.3, 0.4) is 0 Å². The monoisotopic (exact) mass is 517 g/mol. The van der Waals surface area contributed by atoms with E-state index in [1.807, 2.05) is 84.9 Å². The Kier molecular flexibility index (Phi) is 8.81. The van der Waals surface area contributed by atoms with Crippen molar-refractivity contribution in [2.45, 2.75) is 13.0 Å². The molecule has 7 heteroatoms. The predicted octanol–water partition coefficient (Wildman–Crippen LogP) is 6.28. The Bertz CT molecular complexity index is 1260. The van der Waals surface area contributed by atoms with Gasteiger partial charge in [0, 0.05) is 0 Å². The van der Waals surface area contributed by atoms with E-state index in [0.29, 0.717) is 40.5 Å². The first-order valence-corrected chi connectivity index (χ1v) is 12.7. The van der Waals surface area contributed by atoms with Crippen LogP contribution >= 0.6 is 24.0 Å². The van der Waals surface area contributed by atoms with E-state index >= 15 is 0 Å². The predicted molar refractivity (Wildman–Crippen MR) is 149 cm³/mol. The number of hydrogen-bond acceptors (Lipinski definition) is 6. The molecule has 0 atom stereocenters. The van der Waals surface area contributed by atoms with Gasteiger partial charge in [-0.2, -0.15) is 0 Å². The Morgan fingerprint density at radius 1 is 0.944 bits per heavy atom. The minimum absolute atomic E-state index is 0.0701. The normalized spacial score (nSPS) is 14.2. The van der Waals surface area contributed by atoms with Crippen molar-refractivity contribution in [1.29, 1.82) is 0 Å². The number of carbonyl (C=O) groups excluding carboxylic acids is 1. The Labute approximate surface area is 221 Å². The lowest BCUT2D eigenvalue weighted by Gasteiger charge is -2.14. The lowest BCUT2D eigenvalue weighted by Crippen LogP contribution is -2.27. The summed E-state index contributed by atoms with van der Waals surface area (Å²) in [4.78, 5) is 15.1. The van der Waals surface area contributed by atoms with Gasteiger partial charge < -0.3 is 14.2 Å². The molecule has 0 aromatic heterocycles. The summed E-state index contributed by atoms with van der Waals surface area (Å²) in [6.07, 6.45) is 4.49. The van der Waals surface area contributed by atoms with Gasteiger partial charge in [0.25, 0.3) is 5.91 Å². The fraction of sp³-hybridized carbons (Fsp3) is 0.172. The van der Waals surface area contributed by atoms with Gasteiger partial charge in [0.15, 0.2) is 11.5 Å². The molecular weight excluding hydrogens is 490 g/mol. The van der Waals surface area contributed by atoms with Crippen molar-refractivity contribution >= 4 is 40.3 Å². The molecule has 3 aromatic carbocycles. The van der Waals surface area contributed by atoms with E-state index in [4.69, 9.17) is 26.4 Å². The summed E-state index contributed by atoms with van der Waals surface area (Å²) in [5.41, 5.74) is 3.07. The molecule has 0 radical (unpaired) electrons. The van der Waals surface area contributed by atoms with E-state index in [-0.39, 0.29) is 5.91 Å². The molecule has 1 amide bonds. The van der Waals surface area contributed by atoms with Gasteiger partial charge in [0.1, 0.15) is 23.3 Å². The van der Waals surface area contributed by atoms with Crippen molar-refractivity contribution in [2.75, 3.05) is 20.3 Å². The fourth-order valence-electron chi connectivity index (χ4n) is 3.65. The molecule has 1 saturated heterocycles. The van der Waals surface area contributed by atoms with Crippen LogP contribution in [-0.4, -0.2) is 35.5 Å². The molecule has 5 nitrogen and oxygen atoms in total. The SMILES string of the molecule is C=CCc1ccc(OCCOc2ccc(/C=C3/SC(=S)N(Cc4ccccc4)C3=O)cc2)c(OC)c1. The van der Waals surface area contributed by atoms with Crippen LogP contribution in [-0.2, 0) is 17.8 Å². The molecule has 0 spiro atoms. The molecule has 1 aliphatic heterocycles. The Balaban J connectivity index is 1.29. The first-order valence-electron chi connectivity index (χ1n) is 11.5. The average Bonchev–Trinajstić information content (AvgIpc) is 3.16. The highest BCUT2D eigenvalue weighted by atomic mass is 32.2. The number of nitrogens with zero attached hydrogens (tertiary/aromatic N) is 1. The van der Waals surface area contributed by atoms with Crippen LogP contribution in [0, 0.1) is 0 Å². The standard InChI is InChI=1S/C29H27NO4S2/c1-3-7-21-12-15-25(26(18-21)32-2)34-17-16-33-24-13-10-22(11-14-24)19-27-28(31)30(29(35)36-27)20-23-8-5-4-6-9-23/h3-6,8-15,18-19H,1,7,16-17,20H2,2H3/b27-19+. The van der Waals surface area contributed by atoms with Crippen molar-refractivity contribution in [3.05, 3.63) is 107 Å². The lowest BCUT2D eigenvalue weighted by atomic mass is 10.1. The summed E-state index contributed by atoms with van der Waals surface area (Å²) in [5, 5.41) is 0. The number of thiocarbonyl (C=S) groups is 1. The van der Waals surface area contributed by atoms with Gasteiger partial charge in [-0.05, 0) is 53.5 Å². The molecule has 1 fully saturated rings. The van der Waals surface area contributed by atoms with Gasteiger partial charge in [0.05, 0.1) is 18.6 Å². The van der Waals surface area contributed by atoms with Crippen LogP contribution in [0.25, 0.3) is 6.08 Å². The zero-order valence-corrected chi connectivity index (χ0v) is 21.6. The van der Waals surface area contributed by atoms with E-state index in [1.54, 1.807) is 12.0 Å². The van der Waals surface area contributed by atoms with Crippen molar-refractivity contribution in [1.82, 2.24) is 4.90 Å². The van der Waals surface area contributed by atoms with Crippen LogP contribution in [0.2, 0.25) is 0 Å². The van der Waals surface area contributed by atoms with Crippen LogP contribution < -0.4 is 14.2 Å². The van der Waals surface area contributed by atoms with Crippen LogP contribution in [0.15, 0.2) is 90.4 Å². The molecule has 36 heavy (non-hydrogen) atoms. The number of carbonyl (C=O) groups is 1. The van der Waals surface area contributed by atoms with E-state index in [2.05, 4.69) is 6.58 Å². The molecule has 0 aliphatic carbocycles. The number of thioether (sulfide) groups is 1.